The summed E-state index contributed by atoms with van der Waals surface area (Å²) in [5.41, 5.74) is -0.238. The third kappa shape index (κ3) is 5.36. The lowest BCUT2D eigenvalue weighted by atomic mass is 10.2. The highest BCUT2D eigenvalue weighted by Gasteiger charge is 2.16. The van der Waals surface area contributed by atoms with Crippen LogP contribution in [0.1, 0.15) is 6.42 Å². The summed E-state index contributed by atoms with van der Waals surface area (Å²) in [6.07, 6.45) is 0.563. The highest BCUT2D eigenvalue weighted by Crippen LogP contribution is 2.26. The Bertz CT molecular complexity index is 550. The number of amides is 2. The summed E-state index contributed by atoms with van der Waals surface area (Å²) in [5, 5.41) is 15.4. The standard InChI is InChI=1S/C12H14ClN3O5/c1-21-6-2-5-14-11(17)12(18)15-10-7-8(16(19)20)3-4-9(10)13/h3-4,7H,2,5-6H2,1H3,(H,14,17)(H,15,18). The van der Waals surface area contributed by atoms with Gasteiger partial charge in [-0.2, -0.15) is 0 Å². The summed E-state index contributed by atoms with van der Waals surface area (Å²) in [4.78, 5) is 33.1. The molecule has 0 radical (unpaired) electrons. The van der Waals surface area contributed by atoms with Crippen molar-refractivity contribution in [2.75, 3.05) is 25.6 Å². The molecule has 114 valence electrons. The fraction of sp³-hybridized carbons (Fsp3) is 0.333. The van der Waals surface area contributed by atoms with Gasteiger partial charge in [0.05, 0.1) is 15.6 Å². The minimum atomic E-state index is -0.949. The second kappa shape index (κ2) is 8.18. The van der Waals surface area contributed by atoms with Crippen molar-refractivity contribution in [1.82, 2.24) is 5.32 Å². The van der Waals surface area contributed by atoms with Crippen LogP contribution in [0.15, 0.2) is 18.2 Å². The van der Waals surface area contributed by atoms with Gasteiger partial charge in [-0.1, -0.05) is 11.6 Å². The molecule has 21 heavy (non-hydrogen) atoms. The number of hydrogen-bond acceptors (Lipinski definition) is 5. The third-order valence-corrected chi connectivity index (χ3v) is 2.76. The molecule has 0 aliphatic heterocycles. The van der Waals surface area contributed by atoms with Crippen molar-refractivity contribution in [1.29, 1.82) is 0 Å². The number of ether oxygens (including phenoxy) is 1. The highest BCUT2D eigenvalue weighted by atomic mass is 35.5. The number of hydrogen-bond donors (Lipinski definition) is 2. The van der Waals surface area contributed by atoms with Gasteiger partial charge in [0.2, 0.25) is 0 Å². The first-order valence-electron chi connectivity index (χ1n) is 5.97. The monoisotopic (exact) mass is 315 g/mol. The topological polar surface area (TPSA) is 111 Å². The Hall–Kier alpha value is -2.19. The number of nitrogens with one attached hydrogen (secondary N) is 2. The molecular weight excluding hydrogens is 302 g/mol. The molecule has 0 unspecified atom stereocenters. The van der Waals surface area contributed by atoms with Crippen LogP contribution < -0.4 is 10.6 Å². The zero-order chi connectivity index (χ0) is 15.8. The van der Waals surface area contributed by atoms with Gasteiger partial charge in [-0.15, -0.1) is 0 Å². The van der Waals surface area contributed by atoms with Crippen molar-refractivity contribution in [2.24, 2.45) is 0 Å². The SMILES string of the molecule is COCCCNC(=O)C(=O)Nc1cc([N+](=O)[O-])ccc1Cl. The number of methoxy groups -OCH3 is 1. The molecule has 1 rings (SSSR count). The number of nitrogens with zero attached hydrogens (tertiary/aromatic N) is 1. The Morgan fingerprint density at radius 1 is 1.38 bits per heavy atom. The summed E-state index contributed by atoms with van der Waals surface area (Å²) in [6, 6.07) is 3.55. The summed E-state index contributed by atoms with van der Waals surface area (Å²) < 4.78 is 4.80. The number of nitro benzene ring substituents is 1. The lowest BCUT2D eigenvalue weighted by Gasteiger charge is -2.07. The quantitative estimate of drug-likeness (QED) is 0.356. The molecule has 2 amide bonds. The number of benzene rings is 1. The minimum absolute atomic E-state index is 0.00269. The van der Waals surface area contributed by atoms with Gasteiger partial charge in [-0.05, 0) is 12.5 Å². The van der Waals surface area contributed by atoms with Crippen LogP contribution in [0.25, 0.3) is 0 Å². The Labute approximate surface area is 125 Å². The highest BCUT2D eigenvalue weighted by molar-refractivity contribution is 6.41. The third-order valence-electron chi connectivity index (χ3n) is 2.43. The zero-order valence-corrected chi connectivity index (χ0v) is 12.0. The second-order valence-corrected chi connectivity index (χ2v) is 4.38. The summed E-state index contributed by atoms with van der Waals surface area (Å²) in [7, 11) is 1.53. The smallest absolute Gasteiger partial charge is 0.313 e. The van der Waals surface area contributed by atoms with E-state index in [1.54, 1.807) is 0 Å². The van der Waals surface area contributed by atoms with Gasteiger partial charge in [0.25, 0.3) is 5.69 Å². The molecule has 1 aromatic carbocycles. The number of non-ortho nitro benzene ring substituents is 1. The molecule has 1 aromatic rings. The number of carbonyl (C=O) groups is 2. The number of rotatable bonds is 6. The maximum absolute atomic E-state index is 11.6. The molecule has 0 heterocycles. The van der Waals surface area contributed by atoms with Gasteiger partial charge < -0.3 is 15.4 Å². The number of nitro groups is 1. The van der Waals surface area contributed by atoms with Crippen LogP contribution in [0, 0.1) is 10.1 Å². The van der Waals surface area contributed by atoms with Gasteiger partial charge in [-0.3, -0.25) is 19.7 Å². The molecule has 0 atom stereocenters. The van der Waals surface area contributed by atoms with Crippen LogP contribution in [0.3, 0.4) is 0 Å². The molecule has 2 N–H and O–H groups in total. The van der Waals surface area contributed by atoms with E-state index in [-0.39, 0.29) is 22.9 Å². The summed E-state index contributed by atoms with van der Waals surface area (Å²) in [6.45, 7) is 0.737. The molecule has 0 bridgehead atoms. The van der Waals surface area contributed by atoms with E-state index in [2.05, 4.69) is 10.6 Å². The lowest BCUT2D eigenvalue weighted by Crippen LogP contribution is -2.36. The van der Waals surface area contributed by atoms with Crippen LogP contribution in [0.2, 0.25) is 5.02 Å². The molecule has 0 saturated carbocycles. The fourth-order valence-electron chi connectivity index (χ4n) is 1.40. The fourth-order valence-corrected chi connectivity index (χ4v) is 1.57. The van der Waals surface area contributed by atoms with Gasteiger partial charge in [-0.25, -0.2) is 0 Å². The van der Waals surface area contributed by atoms with Crippen molar-refractivity contribution < 1.29 is 19.2 Å². The van der Waals surface area contributed by atoms with Gasteiger partial charge in [0.15, 0.2) is 0 Å². The van der Waals surface area contributed by atoms with Crippen molar-refractivity contribution in [3.8, 4) is 0 Å². The normalized spacial score (nSPS) is 10.0. The van der Waals surface area contributed by atoms with E-state index in [1.165, 1.54) is 19.2 Å². The van der Waals surface area contributed by atoms with Crippen LogP contribution in [0.4, 0.5) is 11.4 Å². The van der Waals surface area contributed by atoms with Crippen molar-refractivity contribution >= 4 is 34.8 Å². The average Bonchev–Trinajstić information content (AvgIpc) is 2.45. The second-order valence-electron chi connectivity index (χ2n) is 3.98. The molecule has 9 heteroatoms. The average molecular weight is 316 g/mol. The van der Waals surface area contributed by atoms with E-state index in [9.17, 15) is 19.7 Å². The Morgan fingerprint density at radius 2 is 2.10 bits per heavy atom. The summed E-state index contributed by atoms with van der Waals surface area (Å²) >= 11 is 5.81. The van der Waals surface area contributed by atoms with Crippen molar-refractivity contribution in [3.63, 3.8) is 0 Å². The number of carbonyl (C=O) groups excluding carboxylic acids is 2. The molecule has 0 aliphatic rings. The number of anilines is 1. The molecule has 0 aliphatic carbocycles. The summed E-state index contributed by atoms with van der Waals surface area (Å²) in [5.74, 6) is -1.80. The van der Waals surface area contributed by atoms with E-state index in [0.29, 0.717) is 13.0 Å². The first-order valence-corrected chi connectivity index (χ1v) is 6.35. The molecule has 0 saturated heterocycles. The van der Waals surface area contributed by atoms with Crippen molar-refractivity contribution in [3.05, 3.63) is 33.3 Å². The van der Waals surface area contributed by atoms with Crippen LogP contribution in [-0.2, 0) is 14.3 Å². The maximum Gasteiger partial charge on any atom is 0.313 e. The molecule has 0 aromatic heterocycles. The predicted molar refractivity (Wildman–Crippen MR) is 76.2 cm³/mol. The van der Waals surface area contributed by atoms with Crippen LogP contribution in [0.5, 0.6) is 0 Å². The van der Waals surface area contributed by atoms with Gasteiger partial charge >= 0.3 is 11.8 Å². The first kappa shape index (κ1) is 16.9. The molecular formula is C12H14ClN3O5. The van der Waals surface area contributed by atoms with E-state index >= 15 is 0 Å². The Balaban J connectivity index is 2.63. The van der Waals surface area contributed by atoms with Crippen molar-refractivity contribution in [2.45, 2.75) is 6.42 Å². The van der Waals surface area contributed by atoms with E-state index in [1.807, 2.05) is 0 Å². The minimum Gasteiger partial charge on any atom is -0.385 e. The Kier molecular flexibility index (Phi) is 6.57. The lowest BCUT2D eigenvalue weighted by molar-refractivity contribution is -0.384. The predicted octanol–water partition coefficient (Wildman–Crippen LogP) is 1.34. The van der Waals surface area contributed by atoms with E-state index < -0.39 is 16.7 Å². The largest absolute Gasteiger partial charge is 0.385 e. The maximum atomic E-state index is 11.6. The molecule has 0 spiro atoms. The Morgan fingerprint density at radius 3 is 2.71 bits per heavy atom. The van der Waals surface area contributed by atoms with E-state index in [4.69, 9.17) is 16.3 Å². The van der Waals surface area contributed by atoms with Crippen LogP contribution >= 0.6 is 11.6 Å². The van der Waals surface area contributed by atoms with E-state index in [0.717, 1.165) is 6.07 Å². The zero-order valence-electron chi connectivity index (χ0n) is 11.2. The molecule has 8 nitrogen and oxygen atoms in total. The first-order chi connectivity index (χ1) is 9.95. The van der Waals surface area contributed by atoms with Gasteiger partial charge in [0, 0.05) is 32.4 Å². The molecule has 0 fully saturated rings. The number of halogens is 1. The van der Waals surface area contributed by atoms with Gasteiger partial charge in [0.1, 0.15) is 0 Å². The van der Waals surface area contributed by atoms with Crippen LogP contribution in [-0.4, -0.2) is 37.0 Å².